The minimum Gasteiger partial charge on any atom is -0.393 e. The highest BCUT2D eigenvalue weighted by atomic mass is 17.2. The van der Waals surface area contributed by atoms with Crippen LogP contribution in [0, 0.1) is 11.8 Å². The molecule has 0 bridgehead atoms. The number of hydrogen-bond acceptors (Lipinski definition) is 7. The van der Waals surface area contributed by atoms with E-state index in [9.17, 15) is 24.3 Å². The number of aliphatic hydroxyl groups excluding tert-OH is 1. The van der Waals surface area contributed by atoms with Crippen molar-refractivity contribution in [3.63, 3.8) is 0 Å². The Bertz CT molecular complexity index is 1360. The van der Waals surface area contributed by atoms with Gasteiger partial charge < -0.3 is 10.0 Å². The summed E-state index contributed by atoms with van der Waals surface area (Å²) in [6.45, 7) is 1.59. The van der Waals surface area contributed by atoms with Gasteiger partial charge in [0, 0.05) is 22.6 Å². The van der Waals surface area contributed by atoms with Gasteiger partial charge in [-0.3, -0.25) is 19.3 Å². The SMILES string of the molecule is COOC(=O)C1=C2c3cc4c(cc3CC[C@@H]2C2C(C(C)O)C(=O)N12)C(=O)c1cc(C=O)ccc1-4. The number of fused-ring (bicyclic) bond motifs is 8. The normalized spacial score (nSPS) is 24.6. The van der Waals surface area contributed by atoms with Crippen LogP contribution >= 0.6 is 0 Å². The zero-order chi connectivity index (χ0) is 23.9. The van der Waals surface area contributed by atoms with Gasteiger partial charge >= 0.3 is 5.97 Å². The monoisotopic (exact) mass is 459 g/mol. The van der Waals surface area contributed by atoms with Crippen LogP contribution in [-0.2, 0) is 25.8 Å². The number of aliphatic hydroxyl groups is 1. The number of nitrogens with zero attached hydrogens (tertiary/aromatic N) is 1. The van der Waals surface area contributed by atoms with E-state index in [1.807, 2.05) is 12.1 Å². The van der Waals surface area contributed by atoms with Crippen molar-refractivity contribution in [3.05, 3.63) is 63.8 Å². The van der Waals surface area contributed by atoms with Crippen LogP contribution in [0.15, 0.2) is 36.0 Å². The molecule has 2 aliphatic heterocycles. The van der Waals surface area contributed by atoms with Crippen molar-refractivity contribution in [1.29, 1.82) is 0 Å². The molecule has 1 amide bonds. The molecule has 34 heavy (non-hydrogen) atoms. The van der Waals surface area contributed by atoms with Crippen molar-refractivity contribution in [2.24, 2.45) is 11.8 Å². The number of aryl methyl sites for hydroxylation is 1. The average Bonchev–Trinajstić information content (AvgIpc) is 3.27. The highest BCUT2D eigenvalue weighted by Gasteiger charge is 2.62. The third kappa shape index (κ3) is 2.55. The van der Waals surface area contributed by atoms with E-state index in [1.54, 1.807) is 25.1 Å². The molecule has 4 atom stereocenters. The van der Waals surface area contributed by atoms with Gasteiger partial charge in [0.1, 0.15) is 12.0 Å². The van der Waals surface area contributed by atoms with Crippen LogP contribution in [0.4, 0.5) is 0 Å². The van der Waals surface area contributed by atoms with E-state index in [1.165, 1.54) is 12.0 Å². The lowest BCUT2D eigenvalue weighted by molar-refractivity contribution is -0.252. The van der Waals surface area contributed by atoms with E-state index in [0.29, 0.717) is 41.4 Å². The molecular weight excluding hydrogens is 438 g/mol. The number of hydrogen-bond donors (Lipinski definition) is 1. The molecule has 1 fully saturated rings. The standard InChI is InChI=1S/C26H21NO7/c1-11(29)20-22-15-6-4-13-8-19-17(14-5-3-12(10-28)7-18(14)24(19)30)9-16(13)21(15)23(26(32)34-33-2)27(22)25(20)31/h3,5,7-11,15,20,22,29H,4,6H2,1-2H3/t11?,15-,20?,22?/m0/s1. The summed E-state index contributed by atoms with van der Waals surface area (Å²) >= 11 is 0. The molecule has 2 aromatic rings. The van der Waals surface area contributed by atoms with Crippen molar-refractivity contribution in [3.8, 4) is 11.1 Å². The Morgan fingerprint density at radius 3 is 2.59 bits per heavy atom. The lowest BCUT2D eigenvalue weighted by Crippen LogP contribution is -2.64. The first-order valence-corrected chi connectivity index (χ1v) is 11.2. The highest BCUT2D eigenvalue weighted by Crippen LogP contribution is 2.55. The second-order valence-corrected chi connectivity index (χ2v) is 9.22. The fraction of sp³-hybridized carbons (Fsp3) is 0.308. The summed E-state index contributed by atoms with van der Waals surface area (Å²) in [7, 11) is 1.22. The van der Waals surface area contributed by atoms with E-state index >= 15 is 0 Å². The zero-order valence-electron chi connectivity index (χ0n) is 18.5. The summed E-state index contributed by atoms with van der Waals surface area (Å²) in [4.78, 5) is 61.1. The first-order valence-electron chi connectivity index (χ1n) is 11.2. The summed E-state index contributed by atoms with van der Waals surface area (Å²) in [6, 6.07) is 8.47. The second kappa shape index (κ2) is 7.19. The van der Waals surface area contributed by atoms with Crippen LogP contribution in [0.3, 0.4) is 0 Å². The molecular formula is C26H21NO7. The molecule has 4 aliphatic rings. The molecule has 2 heterocycles. The molecule has 8 nitrogen and oxygen atoms in total. The molecule has 2 aromatic carbocycles. The Labute approximate surface area is 194 Å². The fourth-order valence-electron chi connectivity index (χ4n) is 6.18. The number of rotatable bonds is 4. The van der Waals surface area contributed by atoms with E-state index in [4.69, 9.17) is 4.89 Å². The molecule has 172 valence electrons. The Morgan fingerprint density at radius 2 is 1.88 bits per heavy atom. The quantitative estimate of drug-likeness (QED) is 0.276. The minimum atomic E-state index is -0.842. The maximum Gasteiger partial charge on any atom is 0.389 e. The molecule has 0 aromatic heterocycles. The number of ketones is 1. The summed E-state index contributed by atoms with van der Waals surface area (Å²) in [5.41, 5.74) is 5.48. The number of benzene rings is 2. The van der Waals surface area contributed by atoms with Gasteiger partial charge in [0.15, 0.2) is 5.78 Å². The van der Waals surface area contributed by atoms with Crippen molar-refractivity contribution in [2.45, 2.75) is 31.9 Å². The number of aldehydes is 1. The summed E-state index contributed by atoms with van der Waals surface area (Å²) in [5, 5.41) is 10.2. The van der Waals surface area contributed by atoms with Crippen LogP contribution < -0.4 is 0 Å². The predicted molar refractivity (Wildman–Crippen MR) is 118 cm³/mol. The number of carbonyl (C=O) groups is 4. The molecule has 1 saturated heterocycles. The third-order valence-electron chi connectivity index (χ3n) is 7.56. The van der Waals surface area contributed by atoms with Gasteiger partial charge in [-0.15, -0.1) is 0 Å². The van der Waals surface area contributed by atoms with Gasteiger partial charge in [-0.1, -0.05) is 12.1 Å². The Hall–Kier alpha value is -3.62. The van der Waals surface area contributed by atoms with Crippen LogP contribution in [0.1, 0.15) is 50.8 Å². The van der Waals surface area contributed by atoms with Crippen LogP contribution in [0.25, 0.3) is 16.7 Å². The van der Waals surface area contributed by atoms with Crippen molar-refractivity contribution in [2.75, 3.05) is 7.11 Å². The molecule has 0 radical (unpaired) electrons. The van der Waals surface area contributed by atoms with Crippen molar-refractivity contribution < 1.29 is 34.1 Å². The van der Waals surface area contributed by atoms with Crippen LogP contribution in [-0.4, -0.2) is 53.2 Å². The van der Waals surface area contributed by atoms with E-state index in [-0.39, 0.29) is 29.3 Å². The van der Waals surface area contributed by atoms with Crippen LogP contribution in [0.2, 0.25) is 0 Å². The van der Waals surface area contributed by atoms with Gasteiger partial charge in [0.25, 0.3) is 0 Å². The Morgan fingerprint density at radius 1 is 1.12 bits per heavy atom. The van der Waals surface area contributed by atoms with Gasteiger partial charge in [-0.2, -0.15) is 4.89 Å². The van der Waals surface area contributed by atoms with E-state index in [2.05, 4.69) is 4.89 Å². The molecule has 8 heteroatoms. The molecule has 3 unspecified atom stereocenters. The van der Waals surface area contributed by atoms with Crippen molar-refractivity contribution in [1.82, 2.24) is 4.90 Å². The molecule has 2 aliphatic carbocycles. The van der Waals surface area contributed by atoms with Gasteiger partial charge in [0.05, 0.1) is 25.2 Å². The van der Waals surface area contributed by atoms with Gasteiger partial charge in [-0.25, -0.2) is 4.79 Å². The van der Waals surface area contributed by atoms with E-state index in [0.717, 1.165) is 22.3 Å². The number of β-lactam (4-membered cyclic amide) rings is 1. The van der Waals surface area contributed by atoms with E-state index < -0.39 is 18.0 Å². The summed E-state index contributed by atoms with van der Waals surface area (Å²) in [6.07, 6.45) is 1.20. The number of carbonyl (C=O) groups excluding carboxylic acids is 4. The topological polar surface area (TPSA) is 110 Å². The second-order valence-electron chi connectivity index (χ2n) is 9.22. The molecule has 0 spiro atoms. The Kier molecular flexibility index (Phi) is 4.43. The maximum atomic E-state index is 13.1. The lowest BCUT2D eigenvalue weighted by Gasteiger charge is -2.47. The first-order chi connectivity index (χ1) is 16.4. The summed E-state index contributed by atoms with van der Waals surface area (Å²) < 4.78 is 0. The van der Waals surface area contributed by atoms with Crippen molar-refractivity contribution >= 4 is 29.5 Å². The predicted octanol–water partition coefficient (Wildman–Crippen LogP) is 2.31. The van der Waals surface area contributed by atoms with Gasteiger partial charge in [0.2, 0.25) is 5.91 Å². The summed E-state index contributed by atoms with van der Waals surface area (Å²) in [5.74, 6) is -1.94. The average molecular weight is 459 g/mol. The molecule has 6 rings (SSSR count). The third-order valence-corrected chi connectivity index (χ3v) is 7.56. The first kappa shape index (κ1) is 20.9. The largest absolute Gasteiger partial charge is 0.393 e. The zero-order valence-corrected chi connectivity index (χ0v) is 18.5. The minimum absolute atomic E-state index is 0.133. The number of amides is 1. The maximum absolute atomic E-state index is 13.1. The van der Waals surface area contributed by atoms with Gasteiger partial charge in [-0.05, 0) is 65.8 Å². The fourth-order valence-corrected chi connectivity index (χ4v) is 6.18. The highest BCUT2D eigenvalue weighted by molar-refractivity contribution is 6.22. The Balaban J connectivity index is 1.55. The molecule has 0 saturated carbocycles. The smallest absolute Gasteiger partial charge is 0.389 e. The van der Waals surface area contributed by atoms with Crippen LogP contribution in [0.5, 0.6) is 0 Å². The lowest BCUT2D eigenvalue weighted by atomic mass is 9.70. The molecule has 1 N–H and O–H groups in total.